The van der Waals surface area contributed by atoms with E-state index < -0.39 is 4.92 Å². The number of thioether (sulfide) groups is 2. The first-order valence-electron chi connectivity index (χ1n) is 7.11. The highest BCUT2D eigenvalue weighted by Crippen LogP contribution is 2.47. The zero-order chi connectivity index (χ0) is 17.1. The van der Waals surface area contributed by atoms with Gasteiger partial charge in [0.2, 0.25) is 0 Å². The molecule has 126 valence electrons. The number of ether oxygens (including phenoxy) is 2. The number of hydrogen-bond acceptors (Lipinski definition) is 6. The predicted molar refractivity (Wildman–Crippen MR) is 98.8 cm³/mol. The number of benzene rings is 2. The summed E-state index contributed by atoms with van der Waals surface area (Å²) in [5, 5.41) is 10.9. The molecule has 1 heterocycles. The van der Waals surface area contributed by atoms with Gasteiger partial charge in [-0.05, 0) is 23.8 Å². The number of nitro groups is 1. The van der Waals surface area contributed by atoms with Crippen LogP contribution in [0.25, 0.3) is 0 Å². The summed E-state index contributed by atoms with van der Waals surface area (Å²) in [6, 6.07) is 9.91. The lowest BCUT2D eigenvalue weighted by atomic mass is 10.2. The molecule has 2 aromatic carbocycles. The second-order valence-corrected chi connectivity index (χ2v) is 8.09. The third-order valence-electron chi connectivity index (χ3n) is 3.43. The summed E-state index contributed by atoms with van der Waals surface area (Å²) in [5.41, 5.74) is 1.10. The van der Waals surface area contributed by atoms with Gasteiger partial charge in [-0.15, -0.1) is 23.5 Å². The molecule has 3 rings (SSSR count). The van der Waals surface area contributed by atoms with Crippen LogP contribution < -0.4 is 9.47 Å². The zero-order valence-electron chi connectivity index (χ0n) is 12.7. The van der Waals surface area contributed by atoms with E-state index in [1.54, 1.807) is 7.11 Å². The Hall–Kier alpha value is -1.57. The molecule has 0 aliphatic carbocycles. The lowest BCUT2D eigenvalue weighted by Crippen LogP contribution is -1.94. The minimum absolute atomic E-state index is 0.0788. The second kappa shape index (κ2) is 7.55. The Morgan fingerprint density at radius 2 is 1.83 bits per heavy atom. The van der Waals surface area contributed by atoms with Crippen molar-refractivity contribution in [1.82, 2.24) is 0 Å². The van der Waals surface area contributed by atoms with E-state index in [0.717, 1.165) is 11.5 Å². The lowest BCUT2D eigenvalue weighted by Gasteiger charge is -2.14. The molecule has 0 N–H and O–H groups in total. The van der Waals surface area contributed by atoms with E-state index in [2.05, 4.69) is 0 Å². The number of methoxy groups -OCH3 is 1. The van der Waals surface area contributed by atoms with Crippen LogP contribution in [0.15, 0.2) is 36.4 Å². The predicted octanol–water partition coefficient (Wildman–Crippen LogP) is 5.53. The highest BCUT2D eigenvalue weighted by Gasteiger charge is 2.20. The Morgan fingerprint density at radius 1 is 1.12 bits per heavy atom. The number of hydrogen-bond donors (Lipinski definition) is 0. The van der Waals surface area contributed by atoms with Crippen molar-refractivity contribution in [3.8, 4) is 17.2 Å². The SMILES string of the molecule is COc1cc(C2SCCS2)ccc1Oc1ccc([N+](=O)[O-])cc1Cl. The maximum absolute atomic E-state index is 10.8. The number of halogens is 1. The Labute approximate surface area is 152 Å². The van der Waals surface area contributed by atoms with Crippen LogP contribution in [0.4, 0.5) is 5.69 Å². The van der Waals surface area contributed by atoms with Gasteiger partial charge in [-0.2, -0.15) is 0 Å². The summed E-state index contributed by atoms with van der Waals surface area (Å²) in [7, 11) is 1.58. The molecule has 0 atom stereocenters. The monoisotopic (exact) mass is 383 g/mol. The van der Waals surface area contributed by atoms with Crippen LogP contribution in [0.5, 0.6) is 17.2 Å². The molecular formula is C16H14ClNO4S2. The molecule has 2 aromatic rings. The van der Waals surface area contributed by atoms with Crippen molar-refractivity contribution in [1.29, 1.82) is 0 Å². The van der Waals surface area contributed by atoms with Crippen LogP contribution in [-0.2, 0) is 0 Å². The second-order valence-electron chi connectivity index (χ2n) is 4.96. The molecule has 0 radical (unpaired) electrons. The molecule has 0 aromatic heterocycles. The fourth-order valence-electron chi connectivity index (χ4n) is 2.27. The normalized spacial score (nSPS) is 14.6. The minimum atomic E-state index is -0.498. The van der Waals surface area contributed by atoms with E-state index in [9.17, 15) is 10.1 Å². The first-order valence-corrected chi connectivity index (χ1v) is 9.59. The molecule has 0 amide bonds. The highest BCUT2D eigenvalue weighted by atomic mass is 35.5. The van der Waals surface area contributed by atoms with Crippen molar-refractivity contribution in [2.45, 2.75) is 4.58 Å². The van der Waals surface area contributed by atoms with Gasteiger partial charge in [-0.25, -0.2) is 0 Å². The molecule has 1 fully saturated rings. The van der Waals surface area contributed by atoms with Crippen LogP contribution >= 0.6 is 35.1 Å². The number of non-ortho nitro benzene ring substituents is 1. The average Bonchev–Trinajstić information content (AvgIpc) is 3.11. The largest absolute Gasteiger partial charge is 0.493 e. The van der Waals surface area contributed by atoms with Crippen molar-refractivity contribution in [3.05, 3.63) is 57.1 Å². The third-order valence-corrected chi connectivity index (χ3v) is 6.83. The van der Waals surface area contributed by atoms with Crippen LogP contribution in [0.2, 0.25) is 5.02 Å². The molecule has 0 unspecified atom stereocenters. The quantitative estimate of drug-likeness (QED) is 0.499. The molecule has 24 heavy (non-hydrogen) atoms. The van der Waals surface area contributed by atoms with Crippen molar-refractivity contribution in [2.75, 3.05) is 18.6 Å². The molecule has 8 heteroatoms. The van der Waals surface area contributed by atoms with Gasteiger partial charge in [-0.3, -0.25) is 10.1 Å². The van der Waals surface area contributed by atoms with Crippen molar-refractivity contribution < 1.29 is 14.4 Å². The maximum Gasteiger partial charge on any atom is 0.271 e. The number of nitrogens with zero attached hydrogens (tertiary/aromatic N) is 1. The van der Waals surface area contributed by atoms with Crippen molar-refractivity contribution in [3.63, 3.8) is 0 Å². The van der Waals surface area contributed by atoms with Crippen molar-refractivity contribution >= 4 is 40.8 Å². The van der Waals surface area contributed by atoms with Gasteiger partial charge in [0, 0.05) is 23.6 Å². The minimum Gasteiger partial charge on any atom is -0.493 e. The summed E-state index contributed by atoms with van der Waals surface area (Å²) < 4.78 is 11.6. The standard InChI is InChI=1S/C16H14ClNO4S2/c1-21-15-8-10(16-23-6-7-24-16)2-4-14(15)22-13-5-3-11(18(19)20)9-12(13)17/h2-5,8-9,16H,6-7H2,1H3. The summed E-state index contributed by atoms with van der Waals surface area (Å²) in [4.78, 5) is 10.3. The van der Waals surface area contributed by atoms with Gasteiger partial charge >= 0.3 is 0 Å². The highest BCUT2D eigenvalue weighted by molar-refractivity contribution is 8.19. The molecule has 0 bridgehead atoms. The summed E-state index contributed by atoms with van der Waals surface area (Å²) in [6.45, 7) is 0. The smallest absolute Gasteiger partial charge is 0.271 e. The van der Waals surface area contributed by atoms with Crippen LogP contribution in [0.1, 0.15) is 10.1 Å². The molecule has 5 nitrogen and oxygen atoms in total. The summed E-state index contributed by atoms with van der Waals surface area (Å²) in [5.74, 6) is 3.76. The van der Waals surface area contributed by atoms with Gasteiger partial charge in [0.25, 0.3) is 5.69 Å². The Bertz CT molecular complexity index is 766. The Kier molecular flexibility index (Phi) is 5.43. The Morgan fingerprint density at radius 3 is 2.46 bits per heavy atom. The van der Waals surface area contributed by atoms with Gasteiger partial charge < -0.3 is 9.47 Å². The first-order chi connectivity index (χ1) is 11.6. The van der Waals surface area contributed by atoms with E-state index in [0.29, 0.717) is 21.8 Å². The molecule has 0 spiro atoms. The average molecular weight is 384 g/mol. The van der Waals surface area contributed by atoms with E-state index in [1.165, 1.54) is 23.8 Å². The number of rotatable bonds is 5. The van der Waals surface area contributed by atoms with Gasteiger partial charge in [0.05, 0.1) is 21.6 Å². The summed E-state index contributed by atoms with van der Waals surface area (Å²) in [6.07, 6.45) is 0. The molecule has 1 saturated heterocycles. The molecule has 1 aliphatic heterocycles. The maximum atomic E-state index is 10.8. The van der Waals surface area contributed by atoms with E-state index >= 15 is 0 Å². The molecule has 1 aliphatic rings. The van der Waals surface area contributed by atoms with Gasteiger partial charge in [-0.1, -0.05) is 17.7 Å². The van der Waals surface area contributed by atoms with E-state index in [1.807, 2.05) is 41.7 Å². The Balaban J connectivity index is 1.85. The molecular weight excluding hydrogens is 370 g/mol. The van der Waals surface area contributed by atoms with Crippen molar-refractivity contribution in [2.24, 2.45) is 0 Å². The lowest BCUT2D eigenvalue weighted by molar-refractivity contribution is -0.384. The van der Waals surface area contributed by atoms with E-state index in [4.69, 9.17) is 21.1 Å². The van der Waals surface area contributed by atoms with Gasteiger partial charge in [0.15, 0.2) is 11.5 Å². The van der Waals surface area contributed by atoms with Gasteiger partial charge in [0.1, 0.15) is 5.75 Å². The van der Waals surface area contributed by atoms with Crippen LogP contribution in [0, 0.1) is 10.1 Å². The van der Waals surface area contributed by atoms with Crippen LogP contribution in [-0.4, -0.2) is 23.5 Å². The number of nitro benzene ring substituents is 1. The summed E-state index contributed by atoms with van der Waals surface area (Å²) >= 11 is 9.90. The molecule has 0 saturated carbocycles. The fraction of sp³-hybridized carbons (Fsp3) is 0.250. The zero-order valence-corrected chi connectivity index (χ0v) is 15.1. The topological polar surface area (TPSA) is 61.6 Å². The van der Waals surface area contributed by atoms with Crippen LogP contribution in [0.3, 0.4) is 0 Å². The third kappa shape index (κ3) is 3.74. The fourth-order valence-corrected chi connectivity index (χ4v) is 5.32. The van der Waals surface area contributed by atoms with E-state index in [-0.39, 0.29) is 10.7 Å². The first kappa shape index (κ1) is 17.3.